The van der Waals surface area contributed by atoms with E-state index in [1.807, 2.05) is 0 Å². The van der Waals surface area contributed by atoms with Crippen LogP contribution in [0.25, 0.3) is 11.1 Å². The Morgan fingerprint density at radius 2 is 2.24 bits per heavy atom. The molecule has 29 heavy (non-hydrogen) atoms. The molecule has 0 aliphatic heterocycles. The summed E-state index contributed by atoms with van der Waals surface area (Å²) in [5, 5.41) is 14.5. The van der Waals surface area contributed by atoms with Crippen LogP contribution in [0, 0.1) is 5.82 Å². The first-order chi connectivity index (χ1) is 16.7. The summed E-state index contributed by atoms with van der Waals surface area (Å²) in [7, 11) is 0. The van der Waals surface area contributed by atoms with E-state index < -0.39 is 44.1 Å². The number of aliphatic hydroxyl groups excluding tert-OH is 1. The van der Waals surface area contributed by atoms with Crippen molar-refractivity contribution in [2.75, 3.05) is 11.9 Å². The summed E-state index contributed by atoms with van der Waals surface area (Å²) in [5.41, 5.74) is 1.09. The minimum Gasteiger partial charge on any atom is -0.394 e. The molecule has 6 nitrogen and oxygen atoms in total. The molecule has 0 saturated heterocycles. The molecule has 0 saturated carbocycles. The predicted molar refractivity (Wildman–Crippen MR) is 111 cm³/mol. The number of aromatic amines is 1. The monoisotopic (exact) mass is 423 g/mol. The van der Waals surface area contributed by atoms with Gasteiger partial charge in [0.15, 0.2) is 0 Å². The van der Waals surface area contributed by atoms with Crippen LogP contribution in [-0.4, -0.2) is 33.6 Å². The molecule has 2 aromatic heterocycles. The standard InChI is InChI=1S/C21H22ClFN4O2/c1-12(2)26-20-8-16(17(22)10-25-20)14-7-18(24-9-14)21(29)27-19(11-28)13-4-3-5-15(23)6-13/h3-10,12,19,24,28H,11H2,1-2H3,(H,25,26)(H,27,29)/t19-/m1/s1/i1D3,2D3,12D. The highest BCUT2D eigenvalue weighted by Crippen LogP contribution is 2.30. The summed E-state index contributed by atoms with van der Waals surface area (Å²) in [6.45, 7) is -6.91. The lowest BCUT2D eigenvalue weighted by atomic mass is 10.1. The Labute approximate surface area is 183 Å². The van der Waals surface area contributed by atoms with Gasteiger partial charge in [-0.25, -0.2) is 9.37 Å². The van der Waals surface area contributed by atoms with Crippen molar-refractivity contribution in [3.8, 4) is 11.1 Å². The molecule has 0 bridgehead atoms. The Balaban J connectivity index is 1.86. The SMILES string of the molecule is [2H]C([2H])([2H])C([2H])(Nc1cc(-c2c[nH]c(C(=O)N[C@H](CO)c3cccc(F)c3)c2)c(Cl)cn1)C([2H])([2H])[2H]. The second kappa shape index (κ2) is 9.07. The number of hydrogen-bond donors (Lipinski definition) is 4. The van der Waals surface area contributed by atoms with Crippen molar-refractivity contribution in [1.82, 2.24) is 15.3 Å². The summed E-state index contributed by atoms with van der Waals surface area (Å²) < 4.78 is 66.8. The number of rotatable bonds is 7. The lowest BCUT2D eigenvalue weighted by molar-refractivity contribution is 0.0911. The fourth-order valence-electron chi connectivity index (χ4n) is 2.73. The van der Waals surface area contributed by atoms with E-state index in [1.165, 1.54) is 36.5 Å². The molecular formula is C21H22ClFN4O2. The zero-order valence-electron chi connectivity index (χ0n) is 22.0. The third-order valence-corrected chi connectivity index (χ3v) is 4.39. The summed E-state index contributed by atoms with van der Waals surface area (Å²) in [4.78, 5) is 19.4. The van der Waals surface area contributed by atoms with Crippen molar-refractivity contribution in [2.24, 2.45) is 0 Å². The number of aliphatic hydroxyl groups is 1. The molecule has 3 aromatic rings. The molecule has 0 fully saturated rings. The Morgan fingerprint density at radius 3 is 2.97 bits per heavy atom. The number of nitrogens with one attached hydrogen (secondary N) is 3. The van der Waals surface area contributed by atoms with Crippen LogP contribution >= 0.6 is 11.6 Å². The maximum absolute atomic E-state index is 13.5. The number of benzene rings is 1. The summed E-state index contributed by atoms with van der Waals surface area (Å²) in [5.74, 6) is -1.36. The van der Waals surface area contributed by atoms with Crippen LogP contribution in [0.3, 0.4) is 0 Å². The first-order valence-corrected chi connectivity index (χ1v) is 8.84. The van der Waals surface area contributed by atoms with Gasteiger partial charge in [-0.2, -0.15) is 0 Å². The van der Waals surface area contributed by atoms with Crippen LogP contribution in [0.4, 0.5) is 10.2 Å². The molecule has 1 atom stereocenters. The zero-order valence-corrected chi connectivity index (χ0v) is 15.7. The lowest BCUT2D eigenvalue weighted by Gasteiger charge is -2.16. The number of carbonyl (C=O) groups is 1. The van der Waals surface area contributed by atoms with E-state index in [0.29, 0.717) is 11.1 Å². The van der Waals surface area contributed by atoms with Crippen LogP contribution in [-0.2, 0) is 0 Å². The highest BCUT2D eigenvalue weighted by molar-refractivity contribution is 6.33. The van der Waals surface area contributed by atoms with Gasteiger partial charge in [-0.15, -0.1) is 0 Å². The lowest BCUT2D eigenvalue weighted by Crippen LogP contribution is -2.31. The van der Waals surface area contributed by atoms with Gasteiger partial charge in [-0.3, -0.25) is 4.79 Å². The van der Waals surface area contributed by atoms with Crippen molar-refractivity contribution < 1.29 is 23.9 Å². The molecule has 152 valence electrons. The van der Waals surface area contributed by atoms with Gasteiger partial charge in [0.2, 0.25) is 0 Å². The number of anilines is 1. The summed E-state index contributed by atoms with van der Waals surface area (Å²) in [6.07, 6.45) is 2.58. The maximum Gasteiger partial charge on any atom is 0.268 e. The van der Waals surface area contributed by atoms with Gasteiger partial charge >= 0.3 is 0 Å². The molecule has 4 N–H and O–H groups in total. The second-order valence-electron chi connectivity index (χ2n) is 6.12. The van der Waals surface area contributed by atoms with E-state index in [4.69, 9.17) is 21.2 Å². The third kappa shape index (κ3) is 5.13. The van der Waals surface area contributed by atoms with Crippen molar-refractivity contribution in [3.63, 3.8) is 0 Å². The number of hydrogen-bond acceptors (Lipinski definition) is 4. The number of carbonyl (C=O) groups excluding carboxylic acids is 1. The predicted octanol–water partition coefficient (Wildman–Crippen LogP) is 4.15. The van der Waals surface area contributed by atoms with Gasteiger partial charge < -0.3 is 20.7 Å². The molecule has 0 spiro atoms. The average Bonchev–Trinajstić information content (AvgIpc) is 3.27. The minimum atomic E-state index is -3.22. The Morgan fingerprint density at radius 1 is 1.41 bits per heavy atom. The fourth-order valence-corrected chi connectivity index (χ4v) is 2.94. The molecular weight excluding hydrogens is 395 g/mol. The zero-order chi connectivity index (χ0) is 26.9. The van der Waals surface area contributed by atoms with Gasteiger partial charge in [0.25, 0.3) is 5.91 Å². The Hall–Kier alpha value is -2.90. The molecule has 0 radical (unpaired) electrons. The summed E-state index contributed by atoms with van der Waals surface area (Å²) >= 11 is 6.23. The van der Waals surface area contributed by atoms with E-state index in [9.17, 15) is 14.3 Å². The molecule has 2 heterocycles. The molecule has 3 rings (SSSR count). The number of amides is 1. The van der Waals surface area contributed by atoms with Crippen molar-refractivity contribution in [1.29, 1.82) is 0 Å². The van der Waals surface area contributed by atoms with E-state index in [0.717, 1.165) is 6.20 Å². The van der Waals surface area contributed by atoms with Gasteiger partial charge in [-0.1, -0.05) is 23.7 Å². The molecule has 0 unspecified atom stereocenters. The first-order valence-electron chi connectivity index (χ1n) is 12.0. The van der Waals surface area contributed by atoms with E-state index >= 15 is 0 Å². The van der Waals surface area contributed by atoms with Crippen LogP contribution in [0.5, 0.6) is 0 Å². The number of halogens is 2. The van der Waals surface area contributed by atoms with Crippen molar-refractivity contribution in [3.05, 3.63) is 70.9 Å². The van der Waals surface area contributed by atoms with Crippen molar-refractivity contribution in [2.45, 2.75) is 25.8 Å². The number of aromatic nitrogens is 2. The number of pyridine rings is 1. The maximum atomic E-state index is 13.5. The number of nitrogens with zero attached hydrogens (tertiary/aromatic N) is 1. The van der Waals surface area contributed by atoms with Gasteiger partial charge in [0.1, 0.15) is 17.3 Å². The van der Waals surface area contributed by atoms with Crippen LogP contribution < -0.4 is 10.6 Å². The minimum absolute atomic E-state index is 0.0714. The van der Waals surface area contributed by atoms with Gasteiger partial charge in [0.05, 0.1) is 19.0 Å². The highest BCUT2D eigenvalue weighted by Gasteiger charge is 2.18. The van der Waals surface area contributed by atoms with Crippen LogP contribution in [0.15, 0.2) is 48.8 Å². The first kappa shape index (κ1) is 13.3. The molecule has 0 aliphatic rings. The highest BCUT2D eigenvalue weighted by atomic mass is 35.5. The molecule has 1 amide bonds. The topological polar surface area (TPSA) is 90.0 Å². The number of H-pyrrole nitrogens is 1. The third-order valence-electron chi connectivity index (χ3n) is 4.09. The van der Waals surface area contributed by atoms with E-state index in [2.05, 4.69) is 20.6 Å². The molecule has 1 aromatic carbocycles. The normalized spacial score (nSPS) is 16.9. The Kier molecular flexibility index (Phi) is 4.17. The van der Waals surface area contributed by atoms with E-state index in [-0.39, 0.29) is 22.1 Å². The molecule has 8 heteroatoms. The smallest absolute Gasteiger partial charge is 0.268 e. The van der Waals surface area contributed by atoms with Crippen molar-refractivity contribution >= 4 is 23.3 Å². The van der Waals surface area contributed by atoms with Crippen LogP contribution in [0.2, 0.25) is 5.02 Å². The second-order valence-corrected chi connectivity index (χ2v) is 6.52. The Bertz CT molecular complexity index is 1240. The van der Waals surface area contributed by atoms with Crippen LogP contribution in [0.1, 0.15) is 45.4 Å². The molecule has 0 aliphatic carbocycles. The van der Waals surface area contributed by atoms with Gasteiger partial charge in [-0.05, 0) is 43.5 Å². The largest absolute Gasteiger partial charge is 0.394 e. The van der Waals surface area contributed by atoms with Gasteiger partial charge in [0, 0.05) is 37.8 Å². The average molecular weight is 424 g/mol. The fraction of sp³-hybridized carbons (Fsp3) is 0.238. The summed E-state index contributed by atoms with van der Waals surface area (Å²) in [6, 6.07) is 4.20. The van der Waals surface area contributed by atoms with E-state index in [1.54, 1.807) is 6.07 Å². The quantitative estimate of drug-likeness (QED) is 0.459.